The van der Waals surface area contributed by atoms with Crippen LogP contribution in [-0.2, 0) is 6.54 Å². The third-order valence-electron chi connectivity index (χ3n) is 3.75. The summed E-state index contributed by atoms with van der Waals surface area (Å²) in [5.41, 5.74) is 4.17. The van der Waals surface area contributed by atoms with Gasteiger partial charge in [-0.25, -0.2) is 4.39 Å². The van der Waals surface area contributed by atoms with Gasteiger partial charge in [0.2, 0.25) is 0 Å². The zero-order valence-corrected chi connectivity index (χ0v) is 12.4. The van der Waals surface area contributed by atoms with Crippen LogP contribution in [0.1, 0.15) is 24.1 Å². The summed E-state index contributed by atoms with van der Waals surface area (Å²) in [5, 5.41) is 10.6. The molecule has 0 aliphatic heterocycles. The fourth-order valence-electron chi connectivity index (χ4n) is 2.43. The monoisotopic (exact) mass is 295 g/mol. The highest BCUT2D eigenvalue weighted by Crippen LogP contribution is 2.22. The van der Waals surface area contributed by atoms with Crippen LogP contribution in [0.4, 0.5) is 4.39 Å². The molecular weight excluding hydrogens is 277 g/mol. The van der Waals surface area contributed by atoms with E-state index in [1.54, 1.807) is 12.1 Å². The van der Waals surface area contributed by atoms with Crippen molar-refractivity contribution < 1.29 is 4.39 Å². The third kappa shape index (κ3) is 3.23. The van der Waals surface area contributed by atoms with Gasteiger partial charge < -0.3 is 5.32 Å². The molecule has 1 atom stereocenters. The molecule has 2 aromatic carbocycles. The van der Waals surface area contributed by atoms with Crippen LogP contribution in [0.3, 0.4) is 0 Å². The van der Waals surface area contributed by atoms with Crippen LogP contribution in [0, 0.1) is 5.82 Å². The SMILES string of the molecule is CC(NCc1cn[nH]c1-c1ccc(F)cc1)c1ccccc1. The summed E-state index contributed by atoms with van der Waals surface area (Å²) in [6, 6.07) is 17.0. The smallest absolute Gasteiger partial charge is 0.123 e. The Morgan fingerprint density at radius 2 is 1.82 bits per heavy atom. The molecule has 3 rings (SSSR count). The Balaban J connectivity index is 1.72. The molecular formula is C18H18FN3. The maximum absolute atomic E-state index is 13.0. The molecule has 0 spiro atoms. The summed E-state index contributed by atoms with van der Waals surface area (Å²) in [6.45, 7) is 2.83. The van der Waals surface area contributed by atoms with E-state index in [2.05, 4.69) is 34.6 Å². The van der Waals surface area contributed by atoms with Crippen molar-refractivity contribution in [1.82, 2.24) is 15.5 Å². The van der Waals surface area contributed by atoms with Crippen LogP contribution in [-0.4, -0.2) is 10.2 Å². The predicted octanol–water partition coefficient (Wildman–Crippen LogP) is 4.07. The van der Waals surface area contributed by atoms with E-state index >= 15 is 0 Å². The molecule has 0 aliphatic carbocycles. The number of benzene rings is 2. The highest BCUT2D eigenvalue weighted by molar-refractivity contribution is 5.62. The highest BCUT2D eigenvalue weighted by Gasteiger charge is 2.10. The van der Waals surface area contributed by atoms with Crippen molar-refractivity contribution in [1.29, 1.82) is 0 Å². The van der Waals surface area contributed by atoms with Crippen molar-refractivity contribution in [3.63, 3.8) is 0 Å². The van der Waals surface area contributed by atoms with Crippen LogP contribution >= 0.6 is 0 Å². The average molecular weight is 295 g/mol. The van der Waals surface area contributed by atoms with E-state index in [0.29, 0.717) is 6.54 Å². The Morgan fingerprint density at radius 1 is 1.09 bits per heavy atom. The van der Waals surface area contributed by atoms with Gasteiger partial charge in [-0.05, 0) is 36.8 Å². The van der Waals surface area contributed by atoms with E-state index in [4.69, 9.17) is 0 Å². The van der Waals surface area contributed by atoms with Gasteiger partial charge in [-0.15, -0.1) is 0 Å². The molecule has 1 unspecified atom stereocenters. The number of H-pyrrole nitrogens is 1. The fraction of sp³-hybridized carbons (Fsp3) is 0.167. The molecule has 2 N–H and O–H groups in total. The lowest BCUT2D eigenvalue weighted by molar-refractivity contribution is 0.575. The van der Waals surface area contributed by atoms with Gasteiger partial charge in [-0.3, -0.25) is 5.10 Å². The highest BCUT2D eigenvalue weighted by atomic mass is 19.1. The quantitative estimate of drug-likeness (QED) is 0.745. The maximum atomic E-state index is 13.0. The molecule has 0 fully saturated rings. The largest absolute Gasteiger partial charge is 0.306 e. The van der Waals surface area contributed by atoms with Crippen LogP contribution in [0.5, 0.6) is 0 Å². The van der Waals surface area contributed by atoms with Crippen LogP contribution < -0.4 is 5.32 Å². The number of hydrogen-bond donors (Lipinski definition) is 2. The summed E-state index contributed by atoms with van der Waals surface area (Å²) < 4.78 is 13.0. The van der Waals surface area contributed by atoms with Gasteiger partial charge in [0.25, 0.3) is 0 Å². The summed E-state index contributed by atoms with van der Waals surface area (Å²) in [6.07, 6.45) is 1.81. The first kappa shape index (κ1) is 14.5. The molecule has 0 aliphatic rings. The number of nitrogens with one attached hydrogen (secondary N) is 2. The normalized spacial score (nSPS) is 12.3. The number of aromatic nitrogens is 2. The first-order valence-corrected chi connectivity index (χ1v) is 7.30. The van der Waals surface area contributed by atoms with E-state index in [1.807, 2.05) is 24.4 Å². The van der Waals surface area contributed by atoms with Gasteiger partial charge in [-0.2, -0.15) is 5.10 Å². The molecule has 1 heterocycles. The standard InChI is InChI=1S/C18H18FN3/c1-13(14-5-3-2-4-6-14)20-11-16-12-21-22-18(16)15-7-9-17(19)10-8-15/h2-10,12-13,20H,11H2,1H3,(H,21,22). The van der Waals surface area contributed by atoms with Gasteiger partial charge in [0.1, 0.15) is 5.82 Å². The third-order valence-corrected chi connectivity index (χ3v) is 3.75. The minimum atomic E-state index is -0.236. The topological polar surface area (TPSA) is 40.7 Å². The van der Waals surface area contributed by atoms with E-state index < -0.39 is 0 Å². The molecule has 3 nitrogen and oxygen atoms in total. The Labute approximate surface area is 129 Å². The van der Waals surface area contributed by atoms with E-state index in [0.717, 1.165) is 16.8 Å². The van der Waals surface area contributed by atoms with Crippen LogP contribution in [0.15, 0.2) is 60.8 Å². The lowest BCUT2D eigenvalue weighted by Crippen LogP contribution is -2.18. The molecule has 1 aromatic heterocycles. The summed E-state index contributed by atoms with van der Waals surface area (Å²) in [4.78, 5) is 0. The number of rotatable bonds is 5. The lowest BCUT2D eigenvalue weighted by atomic mass is 10.1. The van der Waals surface area contributed by atoms with Gasteiger partial charge in [0, 0.05) is 23.7 Å². The van der Waals surface area contributed by atoms with Crippen LogP contribution in [0.25, 0.3) is 11.3 Å². The van der Waals surface area contributed by atoms with Crippen molar-refractivity contribution in [3.8, 4) is 11.3 Å². The molecule has 0 amide bonds. The molecule has 0 saturated carbocycles. The van der Waals surface area contributed by atoms with Gasteiger partial charge >= 0.3 is 0 Å². The maximum Gasteiger partial charge on any atom is 0.123 e. The number of halogens is 1. The molecule has 22 heavy (non-hydrogen) atoms. The van der Waals surface area contributed by atoms with Crippen molar-refractivity contribution in [2.45, 2.75) is 19.5 Å². The van der Waals surface area contributed by atoms with Gasteiger partial charge in [-0.1, -0.05) is 30.3 Å². The zero-order valence-electron chi connectivity index (χ0n) is 12.4. The summed E-state index contributed by atoms with van der Waals surface area (Å²) in [7, 11) is 0. The van der Waals surface area contributed by atoms with Gasteiger partial charge in [0.05, 0.1) is 11.9 Å². The second kappa shape index (κ2) is 6.54. The van der Waals surface area contributed by atoms with E-state index in [1.165, 1.54) is 17.7 Å². The zero-order chi connectivity index (χ0) is 15.4. The first-order chi connectivity index (χ1) is 10.7. The first-order valence-electron chi connectivity index (χ1n) is 7.30. The number of hydrogen-bond acceptors (Lipinski definition) is 2. The average Bonchev–Trinajstić information content (AvgIpc) is 3.02. The Hall–Kier alpha value is -2.46. The molecule has 3 aromatic rings. The Morgan fingerprint density at radius 3 is 2.55 bits per heavy atom. The molecule has 4 heteroatoms. The van der Waals surface area contributed by atoms with Crippen molar-refractivity contribution in [2.24, 2.45) is 0 Å². The second-order valence-corrected chi connectivity index (χ2v) is 5.29. The van der Waals surface area contributed by atoms with Crippen LogP contribution in [0.2, 0.25) is 0 Å². The van der Waals surface area contributed by atoms with Crippen molar-refractivity contribution in [3.05, 3.63) is 77.7 Å². The minimum absolute atomic E-state index is 0.236. The van der Waals surface area contributed by atoms with Crippen molar-refractivity contribution >= 4 is 0 Å². The van der Waals surface area contributed by atoms with E-state index in [9.17, 15) is 4.39 Å². The predicted molar refractivity (Wildman–Crippen MR) is 85.7 cm³/mol. The molecule has 0 radical (unpaired) electrons. The number of aromatic amines is 1. The Bertz CT molecular complexity index is 720. The Kier molecular flexibility index (Phi) is 4.30. The molecule has 0 bridgehead atoms. The lowest BCUT2D eigenvalue weighted by Gasteiger charge is -2.14. The summed E-state index contributed by atoms with van der Waals surface area (Å²) in [5.74, 6) is -0.236. The fourth-order valence-corrected chi connectivity index (χ4v) is 2.43. The van der Waals surface area contributed by atoms with E-state index in [-0.39, 0.29) is 11.9 Å². The summed E-state index contributed by atoms with van der Waals surface area (Å²) >= 11 is 0. The molecule has 0 saturated heterocycles. The molecule has 112 valence electrons. The minimum Gasteiger partial charge on any atom is -0.306 e. The second-order valence-electron chi connectivity index (χ2n) is 5.29. The van der Waals surface area contributed by atoms with Gasteiger partial charge in [0.15, 0.2) is 0 Å². The number of nitrogens with zero attached hydrogens (tertiary/aromatic N) is 1. The van der Waals surface area contributed by atoms with Crippen molar-refractivity contribution in [2.75, 3.05) is 0 Å².